The van der Waals surface area contributed by atoms with E-state index in [4.69, 9.17) is 22.3 Å². The lowest BCUT2D eigenvalue weighted by Crippen LogP contribution is -2.31. The maximum absolute atomic E-state index is 14.1. The highest BCUT2D eigenvalue weighted by atomic mass is 35.5. The molecule has 0 aliphatic rings. The summed E-state index contributed by atoms with van der Waals surface area (Å²) in [6, 6.07) is 22.4. The summed E-state index contributed by atoms with van der Waals surface area (Å²) in [5.74, 6) is 0.238. The maximum atomic E-state index is 14.1. The van der Waals surface area contributed by atoms with Crippen LogP contribution in [0.25, 0.3) is 22.4 Å². The first-order valence-electron chi connectivity index (χ1n) is 10.0. The number of aromatic nitrogens is 2. The number of halogens is 2. The van der Waals surface area contributed by atoms with Gasteiger partial charge in [-0.05, 0) is 53.9 Å². The van der Waals surface area contributed by atoms with Crippen LogP contribution in [0, 0.1) is 5.82 Å². The Morgan fingerprint density at radius 1 is 0.935 bits per heavy atom. The normalized spacial score (nSPS) is 11.8. The van der Waals surface area contributed by atoms with Crippen LogP contribution in [0.3, 0.4) is 0 Å². The number of nitrogens with zero attached hydrogens (tertiary/aromatic N) is 2. The zero-order valence-electron chi connectivity index (χ0n) is 16.8. The van der Waals surface area contributed by atoms with E-state index in [9.17, 15) is 4.39 Å². The number of pyridine rings is 2. The van der Waals surface area contributed by atoms with E-state index >= 15 is 0 Å². The van der Waals surface area contributed by atoms with Gasteiger partial charge in [-0.25, -0.2) is 9.37 Å². The average molecular weight is 433 g/mol. The Labute approximate surface area is 185 Å². The fraction of sp³-hybridized carbons (Fsp3) is 0.120. The Kier molecular flexibility index (Phi) is 6.55. The first kappa shape index (κ1) is 21.0. The van der Waals surface area contributed by atoms with Crippen LogP contribution in [-0.4, -0.2) is 22.6 Å². The SMILES string of the molecule is NC(CNc1ccc(-c2ccc(Cl)c(F)c2)c(-c2ccncc2)n1)Cc1ccccc1. The van der Waals surface area contributed by atoms with E-state index in [0.717, 1.165) is 23.2 Å². The van der Waals surface area contributed by atoms with Gasteiger partial charge < -0.3 is 11.1 Å². The number of hydrogen-bond acceptors (Lipinski definition) is 4. The second-order valence-electron chi connectivity index (χ2n) is 7.29. The molecule has 31 heavy (non-hydrogen) atoms. The predicted octanol–water partition coefficient (Wildman–Crippen LogP) is 5.59. The second-order valence-corrected chi connectivity index (χ2v) is 7.70. The standard InChI is InChI=1S/C25H22ClFN4/c26-22-8-6-19(15-23(22)27)21-7-9-24(31-25(21)18-10-12-29-13-11-18)30-16-20(28)14-17-4-2-1-3-5-17/h1-13,15,20H,14,16,28H2,(H,30,31). The zero-order chi connectivity index (χ0) is 21.6. The van der Waals surface area contributed by atoms with E-state index in [1.165, 1.54) is 11.6 Å². The van der Waals surface area contributed by atoms with Crippen molar-refractivity contribution in [2.75, 3.05) is 11.9 Å². The van der Waals surface area contributed by atoms with Crippen molar-refractivity contribution >= 4 is 17.4 Å². The third-order valence-corrected chi connectivity index (χ3v) is 5.27. The molecule has 0 bridgehead atoms. The molecule has 0 amide bonds. The summed E-state index contributed by atoms with van der Waals surface area (Å²) in [6.45, 7) is 0.576. The number of benzene rings is 2. The predicted molar refractivity (Wildman–Crippen MR) is 124 cm³/mol. The Morgan fingerprint density at radius 3 is 2.45 bits per heavy atom. The molecule has 1 unspecified atom stereocenters. The van der Waals surface area contributed by atoms with E-state index in [0.29, 0.717) is 17.9 Å². The molecular weight excluding hydrogens is 411 g/mol. The molecule has 0 fully saturated rings. The lowest BCUT2D eigenvalue weighted by atomic mass is 9.99. The molecule has 0 aliphatic heterocycles. The molecule has 0 aliphatic carbocycles. The minimum Gasteiger partial charge on any atom is -0.368 e. The van der Waals surface area contributed by atoms with Crippen LogP contribution in [0.1, 0.15) is 5.56 Å². The fourth-order valence-corrected chi connectivity index (χ4v) is 3.53. The van der Waals surface area contributed by atoms with Gasteiger partial charge in [-0.3, -0.25) is 4.98 Å². The Bertz CT molecular complexity index is 1150. The van der Waals surface area contributed by atoms with Gasteiger partial charge in [0.15, 0.2) is 0 Å². The summed E-state index contributed by atoms with van der Waals surface area (Å²) in [5, 5.41) is 3.42. The number of nitrogens with two attached hydrogens (primary N) is 1. The van der Waals surface area contributed by atoms with Crippen molar-refractivity contribution in [1.29, 1.82) is 0 Å². The molecule has 2 aromatic heterocycles. The van der Waals surface area contributed by atoms with Crippen LogP contribution >= 0.6 is 11.6 Å². The molecule has 156 valence electrons. The molecule has 4 nitrogen and oxygen atoms in total. The molecule has 3 N–H and O–H groups in total. The lowest BCUT2D eigenvalue weighted by Gasteiger charge is -2.16. The summed E-state index contributed by atoms with van der Waals surface area (Å²) in [6.07, 6.45) is 4.19. The first-order valence-corrected chi connectivity index (χ1v) is 10.4. The zero-order valence-corrected chi connectivity index (χ0v) is 17.6. The number of anilines is 1. The number of rotatable bonds is 7. The topological polar surface area (TPSA) is 63.8 Å². The van der Waals surface area contributed by atoms with Crippen molar-refractivity contribution in [3.05, 3.63) is 102 Å². The van der Waals surface area contributed by atoms with Crippen molar-refractivity contribution in [1.82, 2.24) is 9.97 Å². The molecule has 1 atom stereocenters. The van der Waals surface area contributed by atoms with Crippen molar-refractivity contribution < 1.29 is 4.39 Å². The summed E-state index contributed by atoms with van der Waals surface area (Å²) in [4.78, 5) is 8.88. The number of nitrogens with one attached hydrogen (secondary N) is 1. The molecular formula is C25H22ClFN4. The molecule has 0 spiro atoms. The number of hydrogen-bond donors (Lipinski definition) is 2. The van der Waals surface area contributed by atoms with Gasteiger partial charge in [-0.15, -0.1) is 0 Å². The van der Waals surface area contributed by atoms with Gasteiger partial charge in [0.05, 0.1) is 10.7 Å². The summed E-state index contributed by atoms with van der Waals surface area (Å²) < 4.78 is 14.1. The van der Waals surface area contributed by atoms with Gasteiger partial charge >= 0.3 is 0 Å². The van der Waals surface area contributed by atoms with Gasteiger partial charge in [0.25, 0.3) is 0 Å². The Morgan fingerprint density at radius 2 is 1.71 bits per heavy atom. The van der Waals surface area contributed by atoms with E-state index in [1.807, 2.05) is 42.5 Å². The molecule has 0 saturated carbocycles. The Hall–Kier alpha value is -3.28. The van der Waals surface area contributed by atoms with Gasteiger partial charge in [-0.1, -0.05) is 48.0 Å². The van der Waals surface area contributed by atoms with Crippen LogP contribution in [0.4, 0.5) is 10.2 Å². The quantitative estimate of drug-likeness (QED) is 0.400. The van der Waals surface area contributed by atoms with Gasteiger partial charge in [0, 0.05) is 36.1 Å². The summed E-state index contributed by atoms with van der Waals surface area (Å²) >= 11 is 5.86. The van der Waals surface area contributed by atoms with Gasteiger partial charge in [0.2, 0.25) is 0 Å². The minimum atomic E-state index is -0.464. The monoisotopic (exact) mass is 432 g/mol. The second kappa shape index (κ2) is 9.69. The fourth-order valence-electron chi connectivity index (χ4n) is 3.41. The smallest absolute Gasteiger partial charge is 0.142 e. The molecule has 4 aromatic rings. The highest BCUT2D eigenvalue weighted by molar-refractivity contribution is 6.30. The summed E-state index contributed by atoms with van der Waals surface area (Å²) in [7, 11) is 0. The van der Waals surface area contributed by atoms with Crippen molar-refractivity contribution in [2.45, 2.75) is 12.5 Å². The minimum absolute atomic E-state index is 0.0568. The molecule has 0 radical (unpaired) electrons. The van der Waals surface area contributed by atoms with Crippen molar-refractivity contribution in [3.63, 3.8) is 0 Å². The Balaban J connectivity index is 1.59. The third-order valence-electron chi connectivity index (χ3n) is 4.97. The van der Waals surface area contributed by atoms with Crippen LogP contribution < -0.4 is 11.1 Å². The van der Waals surface area contributed by atoms with Crippen LogP contribution in [-0.2, 0) is 6.42 Å². The largest absolute Gasteiger partial charge is 0.368 e. The van der Waals surface area contributed by atoms with Crippen molar-refractivity contribution in [3.8, 4) is 22.4 Å². The van der Waals surface area contributed by atoms with Crippen LogP contribution in [0.5, 0.6) is 0 Å². The van der Waals surface area contributed by atoms with E-state index in [-0.39, 0.29) is 11.1 Å². The highest BCUT2D eigenvalue weighted by Gasteiger charge is 2.13. The van der Waals surface area contributed by atoms with Gasteiger partial charge in [0.1, 0.15) is 11.6 Å². The summed E-state index contributed by atoms with van der Waals surface area (Å²) in [5.41, 5.74) is 10.6. The van der Waals surface area contributed by atoms with E-state index < -0.39 is 5.82 Å². The van der Waals surface area contributed by atoms with Crippen LogP contribution in [0.15, 0.2) is 85.2 Å². The average Bonchev–Trinajstić information content (AvgIpc) is 2.81. The third kappa shape index (κ3) is 5.26. The first-order chi connectivity index (χ1) is 15.1. The molecule has 0 saturated heterocycles. The van der Waals surface area contributed by atoms with E-state index in [2.05, 4.69) is 22.4 Å². The lowest BCUT2D eigenvalue weighted by molar-refractivity contribution is 0.629. The molecule has 2 heterocycles. The van der Waals surface area contributed by atoms with Crippen molar-refractivity contribution in [2.24, 2.45) is 5.73 Å². The maximum Gasteiger partial charge on any atom is 0.142 e. The highest BCUT2D eigenvalue weighted by Crippen LogP contribution is 2.33. The molecule has 4 rings (SSSR count). The van der Waals surface area contributed by atoms with Gasteiger partial charge in [-0.2, -0.15) is 0 Å². The van der Waals surface area contributed by atoms with Crippen LogP contribution in [0.2, 0.25) is 5.02 Å². The van der Waals surface area contributed by atoms with E-state index in [1.54, 1.807) is 24.5 Å². The molecule has 6 heteroatoms. The molecule has 2 aromatic carbocycles.